The van der Waals surface area contributed by atoms with Crippen molar-refractivity contribution in [2.24, 2.45) is 0 Å². The molecule has 1 heterocycles. The van der Waals surface area contributed by atoms with Crippen LogP contribution < -0.4 is 0 Å². The third kappa shape index (κ3) is 4.15. The van der Waals surface area contributed by atoms with Crippen molar-refractivity contribution < 1.29 is 14.3 Å². The highest BCUT2D eigenvalue weighted by Crippen LogP contribution is 2.32. The molecule has 110 valence electrons. The number of carbonyl (C=O) groups is 2. The molecule has 1 saturated heterocycles. The predicted octanol–water partition coefficient (Wildman–Crippen LogP) is 2.84. The Kier molecular flexibility index (Phi) is 5.52. The van der Waals surface area contributed by atoms with E-state index in [2.05, 4.69) is 0 Å². The fourth-order valence-electron chi connectivity index (χ4n) is 1.73. The summed E-state index contributed by atoms with van der Waals surface area (Å²) in [5, 5.41) is 0. The maximum atomic E-state index is 12.3. The minimum Gasteiger partial charge on any atom is -0.464 e. The Morgan fingerprint density at radius 3 is 2.76 bits per heavy atom. The molecule has 6 heteroatoms. The fraction of sp³-hybridized carbons (Fsp3) is 0.267. The van der Waals surface area contributed by atoms with Gasteiger partial charge in [-0.2, -0.15) is 0 Å². The monoisotopic (exact) mass is 321 g/mol. The first kappa shape index (κ1) is 15.7. The number of thioether (sulfide) groups is 1. The van der Waals surface area contributed by atoms with Gasteiger partial charge in [0.1, 0.15) is 10.9 Å². The van der Waals surface area contributed by atoms with Crippen molar-refractivity contribution in [3.63, 3.8) is 0 Å². The zero-order chi connectivity index (χ0) is 15.2. The van der Waals surface area contributed by atoms with Gasteiger partial charge in [0, 0.05) is 0 Å². The summed E-state index contributed by atoms with van der Waals surface area (Å²) in [6.45, 7) is 2.14. The summed E-state index contributed by atoms with van der Waals surface area (Å²) >= 11 is 6.36. The highest BCUT2D eigenvalue weighted by molar-refractivity contribution is 8.26. The maximum absolute atomic E-state index is 12.3. The van der Waals surface area contributed by atoms with Crippen LogP contribution in [0.4, 0.5) is 0 Å². The Labute approximate surface area is 133 Å². The van der Waals surface area contributed by atoms with Crippen molar-refractivity contribution in [1.29, 1.82) is 0 Å². The minimum atomic E-state index is -0.436. The molecule has 1 aromatic carbocycles. The Hall–Kier alpha value is -1.66. The topological polar surface area (TPSA) is 46.6 Å². The van der Waals surface area contributed by atoms with Crippen LogP contribution in [0.5, 0.6) is 0 Å². The second-order valence-electron chi connectivity index (χ2n) is 4.40. The summed E-state index contributed by atoms with van der Waals surface area (Å²) < 4.78 is 5.37. The molecule has 1 fully saturated rings. The van der Waals surface area contributed by atoms with Gasteiger partial charge >= 0.3 is 5.97 Å². The molecular weight excluding hydrogens is 306 g/mol. The van der Waals surface area contributed by atoms with E-state index < -0.39 is 5.97 Å². The summed E-state index contributed by atoms with van der Waals surface area (Å²) in [5.74, 6) is -0.684. The van der Waals surface area contributed by atoms with Crippen molar-refractivity contribution in [2.75, 3.05) is 13.2 Å². The number of hydrogen-bond donors (Lipinski definition) is 0. The van der Waals surface area contributed by atoms with Crippen molar-refractivity contribution >= 4 is 46.3 Å². The number of ether oxygens (including phenoxy) is 1. The van der Waals surface area contributed by atoms with Gasteiger partial charge in [0.15, 0.2) is 0 Å². The smallest absolute Gasteiger partial charge is 0.326 e. The van der Waals surface area contributed by atoms with Crippen LogP contribution in [-0.2, 0) is 14.3 Å². The average Bonchev–Trinajstić information content (AvgIpc) is 2.74. The summed E-state index contributed by atoms with van der Waals surface area (Å²) in [4.78, 5) is 25.7. The standard InChI is InChI=1S/C15H15NO3S2/c1-2-8-19-13(17)10-16-14(18)12(21-15(16)20)9-11-6-4-3-5-7-11/h3-7,9H,2,8,10H2,1H3. The first-order valence-corrected chi connectivity index (χ1v) is 7.80. The van der Waals surface area contributed by atoms with E-state index in [1.54, 1.807) is 6.08 Å². The zero-order valence-corrected chi connectivity index (χ0v) is 13.2. The number of rotatable bonds is 5. The first-order valence-electron chi connectivity index (χ1n) is 6.58. The van der Waals surface area contributed by atoms with Gasteiger partial charge in [-0.25, -0.2) is 0 Å². The molecule has 0 spiro atoms. The number of carbonyl (C=O) groups excluding carboxylic acids is 2. The van der Waals surface area contributed by atoms with Crippen LogP contribution in [0.15, 0.2) is 35.2 Å². The number of nitrogens with zero attached hydrogens (tertiary/aromatic N) is 1. The molecule has 0 aromatic heterocycles. The summed E-state index contributed by atoms with van der Waals surface area (Å²) in [7, 11) is 0. The lowest BCUT2D eigenvalue weighted by molar-refractivity contribution is -0.146. The highest BCUT2D eigenvalue weighted by Gasteiger charge is 2.33. The van der Waals surface area contributed by atoms with Crippen LogP contribution in [0.2, 0.25) is 0 Å². The van der Waals surface area contributed by atoms with E-state index in [1.165, 1.54) is 16.7 Å². The SMILES string of the molecule is CCCOC(=O)CN1C(=O)C(=Cc2ccccc2)SC1=S. The Balaban J connectivity index is 2.06. The summed E-state index contributed by atoms with van der Waals surface area (Å²) in [6.07, 6.45) is 2.52. The number of benzene rings is 1. The van der Waals surface area contributed by atoms with E-state index in [1.807, 2.05) is 37.3 Å². The lowest BCUT2D eigenvalue weighted by atomic mass is 10.2. The zero-order valence-electron chi connectivity index (χ0n) is 11.6. The molecule has 1 aromatic rings. The third-order valence-electron chi connectivity index (χ3n) is 2.73. The lowest BCUT2D eigenvalue weighted by Gasteiger charge is -2.13. The van der Waals surface area contributed by atoms with Gasteiger partial charge in [-0.05, 0) is 18.1 Å². The van der Waals surface area contributed by atoms with E-state index in [-0.39, 0.29) is 12.5 Å². The molecule has 1 aliphatic heterocycles. The Morgan fingerprint density at radius 2 is 2.10 bits per heavy atom. The third-order valence-corrected chi connectivity index (χ3v) is 4.10. The summed E-state index contributed by atoms with van der Waals surface area (Å²) in [5.41, 5.74) is 0.923. The number of hydrogen-bond acceptors (Lipinski definition) is 5. The number of esters is 1. The Morgan fingerprint density at radius 1 is 1.38 bits per heavy atom. The minimum absolute atomic E-state index is 0.128. The van der Waals surface area contributed by atoms with E-state index in [9.17, 15) is 9.59 Å². The number of amides is 1. The van der Waals surface area contributed by atoms with Crippen LogP contribution in [-0.4, -0.2) is 34.2 Å². The normalized spacial score (nSPS) is 16.6. The van der Waals surface area contributed by atoms with Crippen LogP contribution in [0.25, 0.3) is 6.08 Å². The molecule has 21 heavy (non-hydrogen) atoms. The van der Waals surface area contributed by atoms with Gasteiger partial charge in [0.2, 0.25) is 0 Å². The van der Waals surface area contributed by atoms with Crippen LogP contribution >= 0.6 is 24.0 Å². The second kappa shape index (κ2) is 7.38. The molecule has 0 N–H and O–H groups in total. The van der Waals surface area contributed by atoms with Gasteiger partial charge in [0.05, 0.1) is 11.5 Å². The second-order valence-corrected chi connectivity index (χ2v) is 6.07. The largest absolute Gasteiger partial charge is 0.464 e. The van der Waals surface area contributed by atoms with Crippen molar-refractivity contribution in [3.05, 3.63) is 40.8 Å². The molecule has 1 amide bonds. The molecule has 0 aliphatic carbocycles. The van der Waals surface area contributed by atoms with Gasteiger partial charge in [0.25, 0.3) is 5.91 Å². The lowest BCUT2D eigenvalue weighted by Crippen LogP contribution is -2.34. The number of thiocarbonyl (C=S) groups is 1. The molecule has 0 saturated carbocycles. The van der Waals surface area contributed by atoms with E-state index in [4.69, 9.17) is 17.0 Å². The van der Waals surface area contributed by atoms with Crippen molar-refractivity contribution in [2.45, 2.75) is 13.3 Å². The van der Waals surface area contributed by atoms with E-state index in [0.717, 1.165) is 12.0 Å². The molecule has 0 bridgehead atoms. The predicted molar refractivity (Wildman–Crippen MR) is 87.6 cm³/mol. The molecule has 4 nitrogen and oxygen atoms in total. The molecule has 0 unspecified atom stereocenters. The van der Waals surface area contributed by atoms with Gasteiger partial charge < -0.3 is 4.74 Å². The van der Waals surface area contributed by atoms with Crippen LogP contribution in [0.3, 0.4) is 0 Å². The van der Waals surface area contributed by atoms with E-state index >= 15 is 0 Å². The van der Waals surface area contributed by atoms with Gasteiger partial charge in [-0.1, -0.05) is 61.2 Å². The van der Waals surface area contributed by atoms with E-state index in [0.29, 0.717) is 15.8 Å². The van der Waals surface area contributed by atoms with Crippen molar-refractivity contribution in [1.82, 2.24) is 4.90 Å². The molecule has 0 radical (unpaired) electrons. The average molecular weight is 321 g/mol. The first-order chi connectivity index (χ1) is 10.1. The molecule has 1 aliphatic rings. The van der Waals surface area contributed by atoms with Gasteiger partial charge in [-0.15, -0.1) is 0 Å². The summed E-state index contributed by atoms with van der Waals surface area (Å²) in [6, 6.07) is 9.51. The molecular formula is C15H15NO3S2. The highest BCUT2D eigenvalue weighted by atomic mass is 32.2. The quantitative estimate of drug-likeness (QED) is 0.474. The van der Waals surface area contributed by atoms with Crippen LogP contribution in [0, 0.1) is 0 Å². The fourth-order valence-corrected chi connectivity index (χ4v) is 2.98. The van der Waals surface area contributed by atoms with Crippen LogP contribution in [0.1, 0.15) is 18.9 Å². The molecule has 2 rings (SSSR count). The maximum Gasteiger partial charge on any atom is 0.326 e. The van der Waals surface area contributed by atoms with Gasteiger partial charge in [-0.3, -0.25) is 14.5 Å². The Bertz CT molecular complexity index is 584. The molecule has 0 atom stereocenters. The van der Waals surface area contributed by atoms with Crippen molar-refractivity contribution in [3.8, 4) is 0 Å².